The average Bonchev–Trinajstić information content (AvgIpc) is 3.20. The highest BCUT2D eigenvalue weighted by Gasteiger charge is 2.46. The number of carbonyl (C=O) groups is 2. The lowest BCUT2D eigenvalue weighted by Crippen LogP contribution is -2.45. The zero-order valence-corrected chi connectivity index (χ0v) is 17.3. The van der Waals surface area contributed by atoms with Crippen molar-refractivity contribution in [1.82, 2.24) is 9.97 Å². The summed E-state index contributed by atoms with van der Waals surface area (Å²) in [6.07, 6.45) is 5.27. The summed E-state index contributed by atoms with van der Waals surface area (Å²) in [5, 5.41) is 0.844. The number of nitrogens with zero attached hydrogens (tertiary/aromatic N) is 3. The lowest BCUT2D eigenvalue weighted by molar-refractivity contribution is -0.119. The molecule has 1 saturated heterocycles. The second kappa shape index (κ2) is 7.31. The SMILES string of the molecule is CCOC(=O)c1sc2nc(C)nc(N3C(C(N)=O)CC4CCCCC43)c2c1C. The van der Waals surface area contributed by atoms with E-state index in [1.165, 1.54) is 17.8 Å². The normalized spacial score (nSPS) is 24.4. The molecular formula is C20H26N4O3S. The number of fused-ring (bicyclic) bond motifs is 2. The standard InChI is InChI=1S/C20H26N4O3S/c1-4-27-20(26)16-10(2)15-18(22-11(3)23-19(15)28-16)24-13-8-6-5-7-12(13)9-14(24)17(21)25/h12-14H,4-9H2,1-3H3,(H2,21,25). The van der Waals surface area contributed by atoms with Gasteiger partial charge in [-0.25, -0.2) is 14.8 Å². The molecule has 3 unspecified atom stereocenters. The number of nitrogens with two attached hydrogens (primary N) is 1. The number of amides is 1. The summed E-state index contributed by atoms with van der Waals surface area (Å²) in [4.78, 5) is 37.5. The van der Waals surface area contributed by atoms with Crippen LogP contribution in [0.15, 0.2) is 0 Å². The van der Waals surface area contributed by atoms with Gasteiger partial charge in [-0.2, -0.15) is 0 Å². The highest BCUT2D eigenvalue weighted by atomic mass is 32.1. The van der Waals surface area contributed by atoms with Gasteiger partial charge in [0.1, 0.15) is 27.4 Å². The van der Waals surface area contributed by atoms with Crippen LogP contribution in [0.25, 0.3) is 10.2 Å². The zero-order valence-electron chi connectivity index (χ0n) is 16.5. The van der Waals surface area contributed by atoms with Crippen molar-refractivity contribution in [1.29, 1.82) is 0 Å². The third-order valence-electron chi connectivity index (χ3n) is 6.00. The maximum atomic E-state index is 12.4. The first-order valence-corrected chi connectivity index (χ1v) is 10.8. The summed E-state index contributed by atoms with van der Waals surface area (Å²) in [6.45, 7) is 5.86. The van der Waals surface area contributed by atoms with E-state index in [0.717, 1.165) is 47.3 Å². The van der Waals surface area contributed by atoms with Gasteiger partial charge in [-0.1, -0.05) is 12.8 Å². The molecule has 2 aromatic rings. The zero-order chi connectivity index (χ0) is 20.0. The molecular weight excluding hydrogens is 376 g/mol. The van der Waals surface area contributed by atoms with Gasteiger partial charge >= 0.3 is 5.97 Å². The van der Waals surface area contributed by atoms with E-state index >= 15 is 0 Å². The quantitative estimate of drug-likeness (QED) is 0.789. The van der Waals surface area contributed by atoms with Crippen LogP contribution in [0.5, 0.6) is 0 Å². The van der Waals surface area contributed by atoms with Gasteiger partial charge in [0.15, 0.2) is 0 Å². The Labute approximate surface area is 168 Å². The average molecular weight is 403 g/mol. The van der Waals surface area contributed by atoms with Crippen LogP contribution in [-0.2, 0) is 9.53 Å². The molecule has 1 saturated carbocycles. The van der Waals surface area contributed by atoms with Crippen LogP contribution in [0.2, 0.25) is 0 Å². The maximum Gasteiger partial charge on any atom is 0.348 e. The molecule has 28 heavy (non-hydrogen) atoms. The Balaban J connectivity index is 1.89. The Morgan fingerprint density at radius 1 is 1.25 bits per heavy atom. The number of hydrogen-bond acceptors (Lipinski definition) is 7. The molecule has 1 aliphatic carbocycles. The number of thiophene rings is 1. The Bertz CT molecular complexity index is 941. The van der Waals surface area contributed by atoms with Crippen LogP contribution in [0.3, 0.4) is 0 Å². The topological polar surface area (TPSA) is 98.4 Å². The molecule has 150 valence electrons. The Morgan fingerprint density at radius 3 is 2.71 bits per heavy atom. The van der Waals surface area contributed by atoms with Crippen LogP contribution in [0.4, 0.5) is 5.82 Å². The molecule has 2 aliphatic rings. The van der Waals surface area contributed by atoms with Crippen LogP contribution in [0, 0.1) is 19.8 Å². The largest absolute Gasteiger partial charge is 0.462 e. The van der Waals surface area contributed by atoms with Crippen LogP contribution >= 0.6 is 11.3 Å². The molecule has 0 radical (unpaired) electrons. The van der Waals surface area contributed by atoms with Crippen molar-refractivity contribution >= 4 is 39.2 Å². The van der Waals surface area contributed by atoms with E-state index in [0.29, 0.717) is 23.2 Å². The summed E-state index contributed by atoms with van der Waals surface area (Å²) in [5.41, 5.74) is 6.61. The summed E-state index contributed by atoms with van der Waals surface area (Å²) in [6, 6.07) is -0.106. The molecule has 2 N–H and O–H groups in total. The predicted octanol–water partition coefficient (Wildman–Crippen LogP) is 3.11. The molecule has 3 heterocycles. The highest BCUT2D eigenvalue weighted by Crippen LogP contribution is 2.45. The van der Waals surface area contributed by atoms with Crippen LogP contribution in [0.1, 0.15) is 60.1 Å². The van der Waals surface area contributed by atoms with Gasteiger partial charge in [0.2, 0.25) is 5.91 Å². The number of rotatable bonds is 4. The van der Waals surface area contributed by atoms with Gasteiger partial charge in [0.05, 0.1) is 12.0 Å². The van der Waals surface area contributed by atoms with Gasteiger partial charge < -0.3 is 15.4 Å². The Kier molecular flexibility index (Phi) is 4.99. The van der Waals surface area contributed by atoms with E-state index in [4.69, 9.17) is 15.5 Å². The molecule has 0 aromatic carbocycles. The first-order valence-electron chi connectivity index (χ1n) is 9.94. The summed E-state index contributed by atoms with van der Waals surface area (Å²) < 4.78 is 5.21. The molecule has 2 fully saturated rings. The van der Waals surface area contributed by atoms with E-state index in [9.17, 15) is 9.59 Å². The molecule has 4 rings (SSSR count). The smallest absolute Gasteiger partial charge is 0.348 e. The van der Waals surface area contributed by atoms with E-state index < -0.39 is 0 Å². The third kappa shape index (κ3) is 3.03. The van der Waals surface area contributed by atoms with Crippen molar-refractivity contribution < 1.29 is 14.3 Å². The number of primary amides is 1. The number of esters is 1. The van der Waals surface area contributed by atoms with Gasteiger partial charge in [-0.15, -0.1) is 11.3 Å². The van der Waals surface area contributed by atoms with Gasteiger partial charge in [-0.3, -0.25) is 4.79 Å². The van der Waals surface area contributed by atoms with Gasteiger partial charge in [-0.05, 0) is 51.5 Å². The van der Waals surface area contributed by atoms with Crippen molar-refractivity contribution in [2.75, 3.05) is 11.5 Å². The second-order valence-electron chi connectivity index (χ2n) is 7.72. The fourth-order valence-corrected chi connectivity index (χ4v) is 5.93. The van der Waals surface area contributed by atoms with Crippen molar-refractivity contribution in [3.05, 3.63) is 16.3 Å². The van der Waals surface area contributed by atoms with E-state index in [2.05, 4.69) is 9.88 Å². The van der Waals surface area contributed by atoms with Crippen molar-refractivity contribution in [3.8, 4) is 0 Å². The van der Waals surface area contributed by atoms with Gasteiger partial charge in [0, 0.05) is 6.04 Å². The first-order chi connectivity index (χ1) is 13.4. The number of aromatic nitrogens is 2. The predicted molar refractivity (Wildman–Crippen MR) is 109 cm³/mol. The number of anilines is 1. The Morgan fingerprint density at radius 2 is 2.00 bits per heavy atom. The van der Waals surface area contributed by atoms with Crippen LogP contribution in [-0.4, -0.2) is 40.5 Å². The molecule has 1 aliphatic heterocycles. The van der Waals surface area contributed by atoms with Crippen LogP contribution < -0.4 is 10.6 Å². The Hall–Kier alpha value is -2.22. The number of hydrogen-bond donors (Lipinski definition) is 1. The molecule has 2 aromatic heterocycles. The summed E-state index contributed by atoms with van der Waals surface area (Å²) >= 11 is 1.33. The second-order valence-corrected chi connectivity index (χ2v) is 8.72. The molecule has 8 heteroatoms. The van der Waals surface area contributed by atoms with Gasteiger partial charge in [0.25, 0.3) is 0 Å². The lowest BCUT2D eigenvalue weighted by atomic mass is 9.84. The minimum absolute atomic E-state index is 0.258. The summed E-state index contributed by atoms with van der Waals surface area (Å²) in [7, 11) is 0. The van der Waals surface area contributed by atoms with E-state index in [-0.39, 0.29) is 24.0 Å². The maximum absolute atomic E-state index is 12.4. The molecule has 7 nitrogen and oxygen atoms in total. The lowest BCUT2D eigenvalue weighted by Gasteiger charge is -2.34. The number of aryl methyl sites for hydroxylation is 2. The van der Waals surface area contributed by atoms with E-state index in [1.54, 1.807) is 6.92 Å². The molecule has 0 bridgehead atoms. The van der Waals surface area contributed by atoms with E-state index in [1.807, 2.05) is 13.8 Å². The minimum atomic E-state index is -0.365. The van der Waals surface area contributed by atoms with Crippen molar-refractivity contribution in [3.63, 3.8) is 0 Å². The fourth-order valence-electron chi connectivity index (χ4n) is 4.82. The number of carbonyl (C=O) groups excluding carboxylic acids is 2. The third-order valence-corrected chi connectivity index (χ3v) is 7.17. The highest BCUT2D eigenvalue weighted by molar-refractivity contribution is 7.20. The van der Waals surface area contributed by atoms with Crippen molar-refractivity contribution in [2.24, 2.45) is 11.7 Å². The molecule has 0 spiro atoms. The fraction of sp³-hybridized carbons (Fsp3) is 0.600. The monoisotopic (exact) mass is 402 g/mol. The minimum Gasteiger partial charge on any atom is -0.462 e. The molecule has 3 atom stereocenters. The number of ether oxygens (including phenoxy) is 1. The first kappa shape index (κ1) is 19.1. The summed E-state index contributed by atoms with van der Waals surface area (Å²) in [5.74, 6) is 1.18. The molecule has 1 amide bonds. The van der Waals surface area contributed by atoms with Crippen molar-refractivity contribution in [2.45, 2.75) is 65.0 Å².